The van der Waals surface area contributed by atoms with Crippen molar-refractivity contribution in [1.82, 2.24) is 0 Å². The molecule has 0 atom stereocenters. The Balaban J connectivity index is 2.18. The topological polar surface area (TPSA) is 35.5 Å². The van der Waals surface area contributed by atoms with Crippen molar-refractivity contribution in [2.45, 2.75) is 31.8 Å². The van der Waals surface area contributed by atoms with Crippen molar-refractivity contribution in [3.05, 3.63) is 34.1 Å². The van der Waals surface area contributed by atoms with E-state index >= 15 is 0 Å². The van der Waals surface area contributed by atoms with Crippen molar-refractivity contribution in [1.29, 1.82) is 0 Å². The van der Waals surface area contributed by atoms with E-state index < -0.39 is 5.60 Å². The summed E-state index contributed by atoms with van der Waals surface area (Å²) in [4.78, 5) is 12.6. The van der Waals surface area contributed by atoms with Crippen LogP contribution in [0.4, 0.5) is 4.39 Å². The van der Waals surface area contributed by atoms with Crippen LogP contribution in [0.1, 0.15) is 25.3 Å². The van der Waals surface area contributed by atoms with Gasteiger partial charge in [0.1, 0.15) is 11.4 Å². The van der Waals surface area contributed by atoms with Gasteiger partial charge >= 0.3 is 0 Å². The van der Waals surface area contributed by atoms with Gasteiger partial charge in [-0.05, 0) is 30.7 Å². The number of carbonyl (C=O) groups is 1. The van der Waals surface area contributed by atoms with Gasteiger partial charge in [-0.3, -0.25) is 4.79 Å². The van der Waals surface area contributed by atoms with Crippen LogP contribution in [0.5, 0.6) is 0 Å². The van der Waals surface area contributed by atoms with E-state index in [4.69, 9.17) is 9.47 Å². The molecule has 1 heterocycles. The van der Waals surface area contributed by atoms with Crippen molar-refractivity contribution in [3.8, 4) is 0 Å². The van der Waals surface area contributed by atoms with Crippen molar-refractivity contribution in [2.75, 3.05) is 19.8 Å². The first-order chi connectivity index (χ1) is 9.57. The van der Waals surface area contributed by atoms with Crippen LogP contribution in [-0.4, -0.2) is 31.2 Å². The second-order valence-corrected chi connectivity index (χ2v) is 5.73. The molecule has 0 unspecified atom stereocenters. The minimum absolute atomic E-state index is 0.00560. The Hall–Kier alpha value is -0.780. The highest BCUT2D eigenvalue weighted by atomic mass is 79.9. The summed E-state index contributed by atoms with van der Waals surface area (Å²) < 4.78 is 25.1. The monoisotopic (exact) mass is 344 g/mol. The van der Waals surface area contributed by atoms with Crippen LogP contribution < -0.4 is 0 Å². The fraction of sp³-hybridized carbons (Fsp3) is 0.533. The van der Waals surface area contributed by atoms with Gasteiger partial charge in [0.2, 0.25) is 0 Å². The molecule has 1 fully saturated rings. The minimum Gasteiger partial charge on any atom is -0.381 e. The summed E-state index contributed by atoms with van der Waals surface area (Å²) in [6.07, 6.45) is 1.29. The molecule has 0 aromatic heterocycles. The molecular formula is C15H18BrFO3. The molecule has 5 heteroatoms. The van der Waals surface area contributed by atoms with E-state index in [1.54, 1.807) is 6.07 Å². The summed E-state index contributed by atoms with van der Waals surface area (Å²) in [5.41, 5.74) is -0.126. The maximum Gasteiger partial charge on any atom is 0.169 e. The normalized spacial score (nSPS) is 17.9. The SMILES string of the molecule is CCOC1(C(=O)Cc2cc(F)ccc2Br)CCOCC1. The molecule has 3 nitrogen and oxygen atoms in total. The molecule has 1 aliphatic rings. The maximum atomic E-state index is 13.3. The highest BCUT2D eigenvalue weighted by Crippen LogP contribution is 2.29. The van der Waals surface area contributed by atoms with E-state index in [0.717, 1.165) is 4.47 Å². The van der Waals surface area contributed by atoms with E-state index in [2.05, 4.69) is 15.9 Å². The zero-order valence-corrected chi connectivity index (χ0v) is 13.0. The number of halogens is 2. The Morgan fingerprint density at radius 2 is 2.15 bits per heavy atom. The number of Topliss-reactive ketones (excluding diaryl/α,β-unsaturated/α-hetero) is 1. The molecule has 1 aromatic carbocycles. The molecule has 1 aromatic rings. The molecule has 1 aliphatic heterocycles. The number of ether oxygens (including phenoxy) is 2. The van der Waals surface area contributed by atoms with Gasteiger partial charge in [-0.15, -0.1) is 0 Å². The largest absolute Gasteiger partial charge is 0.381 e. The molecule has 0 N–H and O–H groups in total. The van der Waals surface area contributed by atoms with Gasteiger partial charge in [0, 0.05) is 43.6 Å². The average molecular weight is 345 g/mol. The smallest absolute Gasteiger partial charge is 0.169 e. The average Bonchev–Trinajstić information content (AvgIpc) is 2.44. The molecule has 0 saturated carbocycles. The Morgan fingerprint density at radius 1 is 1.45 bits per heavy atom. The number of hydrogen-bond donors (Lipinski definition) is 0. The van der Waals surface area contributed by atoms with Crippen LogP contribution in [0.15, 0.2) is 22.7 Å². The van der Waals surface area contributed by atoms with E-state index in [-0.39, 0.29) is 18.0 Å². The highest BCUT2D eigenvalue weighted by Gasteiger charge is 2.40. The quantitative estimate of drug-likeness (QED) is 0.822. The summed E-state index contributed by atoms with van der Waals surface area (Å²) in [6, 6.07) is 4.38. The number of carbonyl (C=O) groups excluding carboxylic acids is 1. The predicted molar refractivity (Wildman–Crippen MR) is 77.2 cm³/mol. The van der Waals surface area contributed by atoms with Gasteiger partial charge in [0.05, 0.1) is 0 Å². The second kappa shape index (κ2) is 6.78. The van der Waals surface area contributed by atoms with Gasteiger partial charge in [-0.1, -0.05) is 15.9 Å². The first-order valence-electron chi connectivity index (χ1n) is 6.76. The van der Waals surface area contributed by atoms with Gasteiger partial charge in [0.25, 0.3) is 0 Å². The third-order valence-corrected chi connectivity index (χ3v) is 4.36. The van der Waals surface area contributed by atoms with Crippen molar-refractivity contribution in [2.24, 2.45) is 0 Å². The second-order valence-electron chi connectivity index (χ2n) is 4.88. The van der Waals surface area contributed by atoms with Gasteiger partial charge in [0.15, 0.2) is 5.78 Å². The summed E-state index contributed by atoms with van der Waals surface area (Å²) in [5.74, 6) is -0.345. The Labute approximate surface area is 126 Å². The van der Waals surface area contributed by atoms with E-state index in [1.807, 2.05) is 6.92 Å². The number of ketones is 1. The van der Waals surface area contributed by atoms with Crippen LogP contribution in [-0.2, 0) is 20.7 Å². The van der Waals surface area contributed by atoms with Gasteiger partial charge < -0.3 is 9.47 Å². The van der Waals surface area contributed by atoms with Crippen LogP contribution in [0.2, 0.25) is 0 Å². The predicted octanol–water partition coefficient (Wildman–Crippen LogP) is 3.29. The zero-order valence-electron chi connectivity index (χ0n) is 11.5. The maximum absolute atomic E-state index is 13.3. The lowest BCUT2D eigenvalue weighted by Crippen LogP contribution is -2.47. The molecule has 20 heavy (non-hydrogen) atoms. The third kappa shape index (κ3) is 3.45. The highest BCUT2D eigenvalue weighted by molar-refractivity contribution is 9.10. The lowest BCUT2D eigenvalue weighted by Gasteiger charge is -2.35. The Morgan fingerprint density at radius 3 is 2.80 bits per heavy atom. The minimum atomic E-state index is -0.779. The zero-order chi connectivity index (χ0) is 14.6. The van der Waals surface area contributed by atoms with Crippen LogP contribution in [0.25, 0.3) is 0 Å². The van der Waals surface area contributed by atoms with Crippen molar-refractivity contribution in [3.63, 3.8) is 0 Å². The first-order valence-corrected chi connectivity index (χ1v) is 7.55. The van der Waals surface area contributed by atoms with E-state index in [0.29, 0.717) is 38.2 Å². The number of benzene rings is 1. The molecule has 0 spiro atoms. The number of hydrogen-bond acceptors (Lipinski definition) is 3. The summed E-state index contributed by atoms with van der Waals surface area (Å²) >= 11 is 3.36. The molecule has 0 aliphatic carbocycles. The van der Waals surface area contributed by atoms with Gasteiger partial charge in [-0.25, -0.2) is 4.39 Å². The molecule has 0 amide bonds. The summed E-state index contributed by atoms with van der Waals surface area (Å²) in [5, 5.41) is 0. The van der Waals surface area contributed by atoms with Crippen LogP contribution in [0.3, 0.4) is 0 Å². The Kier molecular flexibility index (Phi) is 5.29. The molecule has 110 valence electrons. The standard InChI is InChI=1S/C15H18BrFO3/c1-2-20-15(5-7-19-8-6-15)14(18)10-11-9-12(17)3-4-13(11)16/h3-4,9H,2,5-8,10H2,1H3. The third-order valence-electron chi connectivity index (χ3n) is 3.59. The van der Waals surface area contributed by atoms with Crippen molar-refractivity contribution < 1.29 is 18.7 Å². The Bertz CT molecular complexity index is 478. The fourth-order valence-corrected chi connectivity index (χ4v) is 2.88. The van der Waals surface area contributed by atoms with E-state index in [9.17, 15) is 9.18 Å². The fourth-order valence-electron chi connectivity index (χ4n) is 2.49. The van der Waals surface area contributed by atoms with Crippen LogP contribution in [0, 0.1) is 5.82 Å². The summed E-state index contributed by atoms with van der Waals surface area (Å²) in [6.45, 7) is 3.41. The summed E-state index contributed by atoms with van der Waals surface area (Å²) in [7, 11) is 0. The number of rotatable bonds is 5. The van der Waals surface area contributed by atoms with Crippen LogP contribution >= 0.6 is 15.9 Å². The lowest BCUT2D eigenvalue weighted by molar-refractivity contribution is -0.156. The van der Waals surface area contributed by atoms with E-state index in [1.165, 1.54) is 12.1 Å². The molecule has 2 rings (SSSR count). The molecule has 0 bridgehead atoms. The molecule has 1 saturated heterocycles. The molecule has 0 radical (unpaired) electrons. The van der Waals surface area contributed by atoms with Gasteiger partial charge in [-0.2, -0.15) is 0 Å². The first kappa shape index (κ1) is 15.6. The molecular weight excluding hydrogens is 327 g/mol. The van der Waals surface area contributed by atoms with Crippen molar-refractivity contribution >= 4 is 21.7 Å². The lowest BCUT2D eigenvalue weighted by atomic mass is 9.86.